The molecule has 90 valence electrons. The Hall–Kier alpha value is -1.59. The number of anilines is 1. The smallest absolute Gasteiger partial charge is 0.223 e. The molecule has 0 aliphatic heterocycles. The van der Waals surface area contributed by atoms with Crippen LogP contribution in [0.15, 0.2) is 35.7 Å². The lowest BCUT2D eigenvalue weighted by atomic mass is 10.1. The number of nitrogens with zero attached hydrogens (tertiary/aromatic N) is 1. The fourth-order valence-electron chi connectivity index (χ4n) is 1.57. The van der Waals surface area contributed by atoms with Gasteiger partial charge in [0.25, 0.3) is 0 Å². The van der Waals surface area contributed by atoms with Crippen molar-refractivity contribution in [1.82, 2.24) is 4.98 Å². The number of nitrogens with one attached hydrogen (secondary N) is 1. The molecule has 2 aromatic rings. The Morgan fingerprint density at radius 2 is 2.06 bits per heavy atom. The molecule has 5 heteroatoms. The second kappa shape index (κ2) is 5.65. The Balaban J connectivity index is 1.98. The third kappa shape index (κ3) is 3.44. The first-order valence-electron chi connectivity index (χ1n) is 5.33. The monoisotopic (exact) mass is 250 g/mol. The Bertz CT molecular complexity index is 459. The molecule has 0 spiro atoms. The molecule has 1 heterocycles. The van der Waals surface area contributed by atoms with Crippen LogP contribution in [0.25, 0.3) is 0 Å². The minimum absolute atomic E-state index is 0.00824. The van der Waals surface area contributed by atoms with Crippen molar-refractivity contribution in [1.29, 1.82) is 0 Å². The summed E-state index contributed by atoms with van der Waals surface area (Å²) in [7, 11) is 0. The molecular formula is C12H14N2O2S. The van der Waals surface area contributed by atoms with E-state index in [0.29, 0.717) is 5.13 Å². The molecule has 2 rings (SSSR count). The molecule has 1 aromatic carbocycles. The highest BCUT2D eigenvalue weighted by Gasteiger charge is 2.10. The standard InChI is InChI=1S/C12H14N2O2S/c15-7-10(6-9-4-2-1-3-5-9)13-12-14-11(16)8-17-12/h1-5,8,10,15-16H,6-7H2,(H,13,14)/t10-/m1/s1. The Labute approximate surface area is 104 Å². The summed E-state index contributed by atoms with van der Waals surface area (Å²) in [4.78, 5) is 3.89. The van der Waals surface area contributed by atoms with Crippen molar-refractivity contribution >= 4 is 16.5 Å². The molecule has 1 aromatic heterocycles. The molecule has 0 unspecified atom stereocenters. The first-order chi connectivity index (χ1) is 8.28. The number of aliphatic hydroxyl groups is 1. The van der Waals surface area contributed by atoms with Crippen LogP contribution in [-0.2, 0) is 6.42 Å². The summed E-state index contributed by atoms with van der Waals surface area (Å²) in [6, 6.07) is 9.85. The van der Waals surface area contributed by atoms with E-state index >= 15 is 0 Å². The molecule has 0 saturated heterocycles. The van der Waals surface area contributed by atoms with E-state index in [2.05, 4.69) is 10.3 Å². The van der Waals surface area contributed by atoms with E-state index in [-0.39, 0.29) is 18.5 Å². The zero-order chi connectivity index (χ0) is 12.1. The van der Waals surface area contributed by atoms with E-state index in [4.69, 9.17) is 5.11 Å². The van der Waals surface area contributed by atoms with Gasteiger partial charge in [-0.3, -0.25) is 0 Å². The van der Waals surface area contributed by atoms with E-state index in [1.807, 2.05) is 30.3 Å². The van der Waals surface area contributed by atoms with Gasteiger partial charge in [-0.15, -0.1) is 11.3 Å². The summed E-state index contributed by atoms with van der Waals surface area (Å²) in [5.41, 5.74) is 1.15. The van der Waals surface area contributed by atoms with Crippen LogP contribution in [0.5, 0.6) is 5.88 Å². The zero-order valence-corrected chi connectivity index (χ0v) is 10.0. The van der Waals surface area contributed by atoms with Crippen LogP contribution in [0, 0.1) is 0 Å². The first-order valence-corrected chi connectivity index (χ1v) is 6.21. The third-order valence-corrected chi connectivity index (χ3v) is 3.13. The molecule has 0 fully saturated rings. The van der Waals surface area contributed by atoms with Crippen molar-refractivity contribution in [2.45, 2.75) is 12.5 Å². The number of aliphatic hydroxyl groups excluding tert-OH is 1. The first kappa shape index (κ1) is 11.9. The van der Waals surface area contributed by atoms with E-state index in [0.717, 1.165) is 12.0 Å². The molecule has 0 aliphatic rings. The molecule has 0 saturated carbocycles. The highest BCUT2D eigenvalue weighted by atomic mass is 32.1. The molecule has 4 nitrogen and oxygen atoms in total. The number of benzene rings is 1. The highest BCUT2D eigenvalue weighted by Crippen LogP contribution is 2.20. The van der Waals surface area contributed by atoms with Gasteiger partial charge in [-0.25, -0.2) is 0 Å². The van der Waals surface area contributed by atoms with Crippen LogP contribution >= 0.6 is 11.3 Å². The van der Waals surface area contributed by atoms with E-state index < -0.39 is 0 Å². The minimum Gasteiger partial charge on any atom is -0.493 e. The van der Waals surface area contributed by atoms with Crippen molar-refractivity contribution in [2.24, 2.45) is 0 Å². The zero-order valence-electron chi connectivity index (χ0n) is 9.21. The van der Waals surface area contributed by atoms with Gasteiger partial charge in [0.15, 0.2) is 5.13 Å². The van der Waals surface area contributed by atoms with Gasteiger partial charge in [0.05, 0.1) is 18.0 Å². The number of rotatable bonds is 5. The topological polar surface area (TPSA) is 65.4 Å². The predicted octanol–water partition coefficient (Wildman–Crippen LogP) is 1.86. The Morgan fingerprint density at radius 3 is 2.65 bits per heavy atom. The quantitative estimate of drug-likeness (QED) is 0.758. The number of hydrogen-bond acceptors (Lipinski definition) is 5. The minimum atomic E-state index is -0.0945. The van der Waals surface area contributed by atoms with Crippen LogP contribution < -0.4 is 5.32 Å². The fourth-order valence-corrected chi connectivity index (χ4v) is 2.22. The normalized spacial score (nSPS) is 12.3. The molecule has 0 radical (unpaired) electrons. The highest BCUT2D eigenvalue weighted by molar-refractivity contribution is 7.13. The second-order valence-electron chi connectivity index (χ2n) is 3.72. The maximum atomic E-state index is 9.31. The largest absolute Gasteiger partial charge is 0.493 e. The van der Waals surface area contributed by atoms with Gasteiger partial charge in [-0.1, -0.05) is 30.3 Å². The van der Waals surface area contributed by atoms with Gasteiger partial charge < -0.3 is 15.5 Å². The third-order valence-electron chi connectivity index (χ3n) is 2.36. The van der Waals surface area contributed by atoms with Crippen LogP contribution in [-0.4, -0.2) is 27.8 Å². The number of aromatic hydroxyl groups is 1. The number of aromatic nitrogens is 1. The van der Waals surface area contributed by atoms with Crippen LogP contribution in [0.2, 0.25) is 0 Å². The molecule has 0 aliphatic carbocycles. The average Bonchev–Trinajstić information content (AvgIpc) is 2.75. The van der Waals surface area contributed by atoms with Crippen LogP contribution in [0.3, 0.4) is 0 Å². The summed E-state index contributed by atoms with van der Waals surface area (Å²) in [5, 5.41) is 23.7. The van der Waals surface area contributed by atoms with E-state index in [1.54, 1.807) is 5.38 Å². The van der Waals surface area contributed by atoms with E-state index in [9.17, 15) is 5.11 Å². The molecule has 0 bridgehead atoms. The maximum Gasteiger partial charge on any atom is 0.223 e. The average molecular weight is 250 g/mol. The van der Waals surface area contributed by atoms with Crippen molar-refractivity contribution in [3.05, 3.63) is 41.3 Å². The lowest BCUT2D eigenvalue weighted by Crippen LogP contribution is -2.26. The summed E-state index contributed by atoms with van der Waals surface area (Å²) in [6.45, 7) is 0.0231. The molecular weight excluding hydrogens is 236 g/mol. The van der Waals surface area contributed by atoms with Gasteiger partial charge in [-0.05, 0) is 12.0 Å². The Morgan fingerprint density at radius 1 is 1.29 bits per heavy atom. The van der Waals surface area contributed by atoms with Crippen LogP contribution in [0.1, 0.15) is 5.56 Å². The van der Waals surface area contributed by atoms with Gasteiger partial charge in [0, 0.05) is 0 Å². The van der Waals surface area contributed by atoms with Crippen LogP contribution in [0.4, 0.5) is 5.13 Å². The predicted molar refractivity (Wildman–Crippen MR) is 68.4 cm³/mol. The van der Waals surface area contributed by atoms with Crippen molar-refractivity contribution < 1.29 is 10.2 Å². The molecule has 1 atom stereocenters. The van der Waals surface area contributed by atoms with Crippen molar-refractivity contribution in [3.63, 3.8) is 0 Å². The SMILES string of the molecule is OC[C@@H](Cc1ccccc1)Nc1nc(O)cs1. The number of hydrogen-bond donors (Lipinski definition) is 3. The second-order valence-corrected chi connectivity index (χ2v) is 4.58. The van der Waals surface area contributed by atoms with Gasteiger partial charge in [-0.2, -0.15) is 4.98 Å². The van der Waals surface area contributed by atoms with Crippen molar-refractivity contribution in [2.75, 3.05) is 11.9 Å². The summed E-state index contributed by atoms with van der Waals surface area (Å²) in [6.07, 6.45) is 0.720. The van der Waals surface area contributed by atoms with Gasteiger partial charge >= 0.3 is 0 Å². The van der Waals surface area contributed by atoms with Gasteiger partial charge in [0.2, 0.25) is 5.88 Å². The maximum absolute atomic E-state index is 9.31. The summed E-state index contributed by atoms with van der Waals surface area (Å²) in [5.74, 6) is 0.00824. The fraction of sp³-hybridized carbons (Fsp3) is 0.250. The van der Waals surface area contributed by atoms with Crippen molar-refractivity contribution in [3.8, 4) is 5.88 Å². The molecule has 0 amide bonds. The lowest BCUT2D eigenvalue weighted by Gasteiger charge is -2.15. The number of thiazole rings is 1. The summed E-state index contributed by atoms with van der Waals surface area (Å²) < 4.78 is 0. The lowest BCUT2D eigenvalue weighted by molar-refractivity contribution is 0.273. The molecule has 3 N–H and O–H groups in total. The van der Waals surface area contributed by atoms with E-state index in [1.165, 1.54) is 11.3 Å². The summed E-state index contributed by atoms with van der Waals surface area (Å²) >= 11 is 1.32. The Kier molecular flexibility index (Phi) is 3.95. The molecule has 17 heavy (non-hydrogen) atoms. The van der Waals surface area contributed by atoms with Gasteiger partial charge in [0.1, 0.15) is 0 Å².